The third-order valence-electron chi connectivity index (χ3n) is 5.39. The average molecular weight is 268 g/mol. The molecule has 1 atom stereocenters. The Kier molecular flexibility index (Phi) is 7.38. The SMILES string of the molecule is CCNC(C(CC)CC)C1(N(CC)CC)CCCC1. The third kappa shape index (κ3) is 3.52. The predicted octanol–water partition coefficient (Wildman–Crippen LogP) is 4.06. The highest BCUT2D eigenvalue weighted by molar-refractivity contribution is 5.05. The monoisotopic (exact) mass is 268 g/mol. The molecule has 0 radical (unpaired) electrons. The molecular weight excluding hydrogens is 232 g/mol. The van der Waals surface area contributed by atoms with Crippen molar-refractivity contribution in [1.29, 1.82) is 0 Å². The van der Waals surface area contributed by atoms with E-state index < -0.39 is 0 Å². The lowest BCUT2D eigenvalue weighted by molar-refractivity contribution is 0.0374. The van der Waals surface area contributed by atoms with Crippen LogP contribution in [0.3, 0.4) is 0 Å². The summed E-state index contributed by atoms with van der Waals surface area (Å²) < 4.78 is 0. The number of hydrogen-bond donors (Lipinski definition) is 1. The Hall–Kier alpha value is -0.0800. The Balaban J connectivity index is 3.03. The fraction of sp³-hybridized carbons (Fsp3) is 1.00. The van der Waals surface area contributed by atoms with Crippen molar-refractivity contribution in [3.05, 3.63) is 0 Å². The second kappa shape index (κ2) is 8.26. The minimum atomic E-state index is 0.427. The van der Waals surface area contributed by atoms with Crippen LogP contribution in [0.15, 0.2) is 0 Å². The average Bonchev–Trinajstić information content (AvgIpc) is 2.91. The molecule has 0 aromatic carbocycles. The summed E-state index contributed by atoms with van der Waals surface area (Å²) in [5.41, 5.74) is 0.427. The molecule has 1 unspecified atom stereocenters. The Bertz CT molecular complexity index is 225. The molecule has 1 rings (SSSR count). The first-order valence-electron chi connectivity index (χ1n) is 8.68. The molecule has 2 nitrogen and oxygen atoms in total. The number of likely N-dealkylation sites (N-methyl/N-ethyl adjacent to an activating group) is 2. The molecule has 1 fully saturated rings. The number of rotatable bonds is 9. The highest BCUT2D eigenvalue weighted by Gasteiger charge is 2.46. The topological polar surface area (TPSA) is 15.3 Å². The van der Waals surface area contributed by atoms with Gasteiger partial charge in [0, 0.05) is 11.6 Å². The van der Waals surface area contributed by atoms with Crippen molar-refractivity contribution in [2.24, 2.45) is 5.92 Å². The fourth-order valence-electron chi connectivity index (χ4n) is 4.44. The lowest BCUT2D eigenvalue weighted by Gasteiger charge is -2.49. The number of hydrogen-bond acceptors (Lipinski definition) is 2. The van der Waals surface area contributed by atoms with Gasteiger partial charge in [-0.15, -0.1) is 0 Å². The zero-order valence-corrected chi connectivity index (χ0v) is 14.0. The highest BCUT2D eigenvalue weighted by Crippen LogP contribution is 2.41. The second-order valence-corrected chi connectivity index (χ2v) is 6.09. The van der Waals surface area contributed by atoms with E-state index in [0.717, 1.165) is 12.5 Å². The lowest BCUT2D eigenvalue weighted by atomic mass is 9.76. The summed E-state index contributed by atoms with van der Waals surface area (Å²) in [7, 11) is 0. The van der Waals surface area contributed by atoms with Gasteiger partial charge >= 0.3 is 0 Å². The van der Waals surface area contributed by atoms with Crippen molar-refractivity contribution >= 4 is 0 Å². The molecule has 1 aliphatic rings. The van der Waals surface area contributed by atoms with Gasteiger partial charge < -0.3 is 5.32 Å². The van der Waals surface area contributed by atoms with Gasteiger partial charge in [0.05, 0.1) is 0 Å². The van der Waals surface area contributed by atoms with Crippen LogP contribution >= 0.6 is 0 Å². The minimum absolute atomic E-state index is 0.427. The third-order valence-corrected chi connectivity index (χ3v) is 5.39. The van der Waals surface area contributed by atoms with E-state index in [1.54, 1.807) is 0 Å². The maximum absolute atomic E-state index is 3.87. The van der Waals surface area contributed by atoms with Crippen LogP contribution in [-0.4, -0.2) is 36.1 Å². The van der Waals surface area contributed by atoms with Gasteiger partial charge in [-0.2, -0.15) is 0 Å². The van der Waals surface area contributed by atoms with Gasteiger partial charge in [-0.25, -0.2) is 0 Å². The van der Waals surface area contributed by atoms with Crippen LogP contribution in [0.2, 0.25) is 0 Å². The van der Waals surface area contributed by atoms with Crippen molar-refractivity contribution in [2.75, 3.05) is 19.6 Å². The van der Waals surface area contributed by atoms with Crippen LogP contribution < -0.4 is 5.32 Å². The van der Waals surface area contributed by atoms with Gasteiger partial charge in [0.25, 0.3) is 0 Å². The molecule has 2 heteroatoms. The van der Waals surface area contributed by atoms with E-state index >= 15 is 0 Å². The molecule has 0 amide bonds. The van der Waals surface area contributed by atoms with E-state index in [4.69, 9.17) is 0 Å². The van der Waals surface area contributed by atoms with Crippen molar-refractivity contribution in [1.82, 2.24) is 10.2 Å². The van der Waals surface area contributed by atoms with E-state index in [1.807, 2.05) is 0 Å². The first-order valence-corrected chi connectivity index (χ1v) is 8.68. The molecule has 114 valence electrons. The van der Waals surface area contributed by atoms with Crippen LogP contribution in [-0.2, 0) is 0 Å². The molecule has 0 aromatic rings. The first-order chi connectivity index (χ1) is 9.19. The Labute approximate surface area is 121 Å². The summed E-state index contributed by atoms with van der Waals surface area (Å²) in [6.07, 6.45) is 8.22. The fourth-order valence-corrected chi connectivity index (χ4v) is 4.44. The zero-order valence-electron chi connectivity index (χ0n) is 14.0. The number of nitrogens with one attached hydrogen (secondary N) is 1. The number of nitrogens with zero attached hydrogens (tertiary/aromatic N) is 1. The van der Waals surface area contributed by atoms with Crippen molar-refractivity contribution in [3.8, 4) is 0 Å². The van der Waals surface area contributed by atoms with Crippen LogP contribution in [0.25, 0.3) is 0 Å². The normalized spacial score (nSPS) is 20.4. The first kappa shape index (κ1) is 17.0. The summed E-state index contributed by atoms with van der Waals surface area (Å²) in [6.45, 7) is 15.1. The summed E-state index contributed by atoms with van der Waals surface area (Å²) in [5, 5.41) is 3.87. The molecule has 1 saturated carbocycles. The van der Waals surface area contributed by atoms with E-state index in [0.29, 0.717) is 11.6 Å². The summed E-state index contributed by atoms with van der Waals surface area (Å²) in [4.78, 5) is 2.76. The predicted molar refractivity (Wildman–Crippen MR) is 85.7 cm³/mol. The molecule has 19 heavy (non-hydrogen) atoms. The van der Waals surface area contributed by atoms with E-state index in [1.165, 1.54) is 51.6 Å². The Morgan fingerprint density at radius 3 is 1.84 bits per heavy atom. The van der Waals surface area contributed by atoms with Gasteiger partial charge in [-0.05, 0) is 38.4 Å². The van der Waals surface area contributed by atoms with Crippen LogP contribution in [0.1, 0.15) is 73.1 Å². The minimum Gasteiger partial charge on any atom is -0.312 e. The van der Waals surface area contributed by atoms with Crippen LogP contribution in [0.4, 0.5) is 0 Å². The van der Waals surface area contributed by atoms with Crippen molar-refractivity contribution in [2.45, 2.75) is 84.7 Å². The smallest absolute Gasteiger partial charge is 0.0364 e. The zero-order chi connectivity index (χ0) is 14.3. The second-order valence-electron chi connectivity index (χ2n) is 6.09. The lowest BCUT2D eigenvalue weighted by Crippen LogP contribution is -2.62. The maximum atomic E-state index is 3.87. The molecule has 0 bridgehead atoms. The molecule has 1 N–H and O–H groups in total. The van der Waals surface area contributed by atoms with Crippen molar-refractivity contribution in [3.63, 3.8) is 0 Å². The molecule has 0 spiro atoms. The highest BCUT2D eigenvalue weighted by atomic mass is 15.2. The summed E-state index contributed by atoms with van der Waals surface area (Å²) >= 11 is 0. The van der Waals surface area contributed by atoms with Gasteiger partial charge in [-0.3, -0.25) is 4.90 Å². The molecular formula is C17H36N2. The molecule has 0 heterocycles. The van der Waals surface area contributed by atoms with E-state index in [-0.39, 0.29) is 0 Å². The molecule has 0 saturated heterocycles. The standard InChI is InChI=1S/C17H36N2/c1-6-15(7-2)16(18-8-3)17(13-11-12-14-17)19(9-4)10-5/h15-16,18H,6-14H2,1-5H3. The van der Waals surface area contributed by atoms with Gasteiger partial charge in [0.1, 0.15) is 0 Å². The van der Waals surface area contributed by atoms with E-state index in [2.05, 4.69) is 44.8 Å². The van der Waals surface area contributed by atoms with Gasteiger partial charge in [-0.1, -0.05) is 60.3 Å². The Morgan fingerprint density at radius 2 is 1.47 bits per heavy atom. The largest absolute Gasteiger partial charge is 0.312 e. The maximum Gasteiger partial charge on any atom is 0.0364 e. The van der Waals surface area contributed by atoms with Crippen LogP contribution in [0.5, 0.6) is 0 Å². The van der Waals surface area contributed by atoms with E-state index in [9.17, 15) is 0 Å². The summed E-state index contributed by atoms with van der Waals surface area (Å²) in [6, 6.07) is 0.676. The molecule has 1 aliphatic carbocycles. The van der Waals surface area contributed by atoms with Gasteiger partial charge in [0.15, 0.2) is 0 Å². The summed E-state index contributed by atoms with van der Waals surface area (Å²) in [5.74, 6) is 0.818. The molecule has 0 aromatic heterocycles. The van der Waals surface area contributed by atoms with Crippen molar-refractivity contribution < 1.29 is 0 Å². The Morgan fingerprint density at radius 1 is 0.947 bits per heavy atom. The molecule has 0 aliphatic heterocycles. The van der Waals surface area contributed by atoms with Gasteiger partial charge in [0.2, 0.25) is 0 Å². The van der Waals surface area contributed by atoms with Crippen LogP contribution in [0, 0.1) is 5.92 Å². The quantitative estimate of drug-likeness (QED) is 0.678.